The number of thiazole rings is 1. The second-order valence-electron chi connectivity index (χ2n) is 5.01. The highest BCUT2D eigenvalue weighted by Gasteiger charge is 2.40. The van der Waals surface area contributed by atoms with E-state index in [0.29, 0.717) is 0 Å². The van der Waals surface area contributed by atoms with E-state index in [2.05, 4.69) is 11.9 Å². The van der Waals surface area contributed by atoms with Crippen LogP contribution in [0.25, 0.3) is 10.6 Å². The van der Waals surface area contributed by atoms with Gasteiger partial charge >= 0.3 is 0 Å². The number of pyridine rings is 1. The van der Waals surface area contributed by atoms with Crippen LogP contribution in [0.3, 0.4) is 0 Å². The van der Waals surface area contributed by atoms with Crippen LogP contribution in [0.4, 0.5) is 0 Å². The molecule has 0 saturated heterocycles. The Kier molecular flexibility index (Phi) is 2.92. The molecule has 2 N–H and O–H groups in total. The Morgan fingerprint density at radius 1 is 1.33 bits per heavy atom. The minimum Gasteiger partial charge on any atom is -0.330 e. The van der Waals surface area contributed by atoms with Crippen LogP contribution in [-0.2, 0) is 5.41 Å². The van der Waals surface area contributed by atoms with Crippen LogP contribution in [0.15, 0.2) is 24.5 Å². The summed E-state index contributed by atoms with van der Waals surface area (Å²) in [5.41, 5.74) is 8.50. The molecule has 0 radical (unpaired) electrons. The lowest BCUT2D eigenvalue weighted by molar-refractivity contribution is 0.257. The molecular weight excluding hydrogens is 242 g/mol. The molecule has 2 aromatic heterocycles. The van der Waals surface area contributed by atoms with E-state index in [1.165, 1.54) is 24.1 Å². The molecule has 3 nitrogen and oxygen atoms in total. The van der Waals surface area contributed by atoms with Gasteiger partial charge in [-0.25, -0.2) is 4.98 Å². The van der Waals surface area contributed by atoms with E-state index >= 15 is 0 Å². The minimum atomic E-state index is 0.215. The topological polar surface area (TPSA) is 51.8 Å². The molecule has 4 heteroatoms. The minimum absolute atomic E-state index is 0.215. The van der Waals surface area contributed by atoms with Crippen LogP contribution >= 0.6 is 11.3 Å². The van der Waals surface area contributed by atoms with Gasteiger partial charge in [-0.1, -0.05) is 6.42 Å². The van der Waals surface area contributed by atoms with Crippen molar-refractivity contribution in [1.29, 1.82) is 0 Å². The van der Waals surface area contributed by atoms with Gasteiger partial charge in [0.25, 0.3) is 0 Å². The van der Waals surface area contributed by atoms with E-state index in [4.69, 9.17) is 10.7 Å². The lowest BCUT2D eigenvalue weighted by Gasteiger charge is -2.40. The Balaban J connectivity index is 2.01. The summed E-state index contributed by atoms with van der Waals surface area (Å²) in [5, 5.41) is 1.09. The zero-order chi connectivity index (χ0) is 12.6. The molecule has 0 unspecified atom stereocenters. The molecular formula is C14H17N3S. The normalized spacial score (nSPS) is 17.4. The zero-order valence-corrected chi connectivity index (χ0v) is 11.3. The third kappa shape index (κ3) is 1.76. The highest BCUT2D eigenvalue weighted by Crippen LogP contribution is 2.47. The van der Waals surface area contributed by atoms with Gasteiger partial charge in [0.1, 0.15) is 5.01 Å². The highest BCUT2D eigenvalue weighted by molar-refractivity contribution is 7.15. The summed E-state index contributed by atoms with van der Waals surface area (Å²) in [7, 11) is 0. The molecule has 0 aliphatic heterocycles. The van der Waals surface area contributed by atoms with Gasteiger partial charge in [-0.15, -0.1) is 11.3 Å². The SMILES string of the molecule is Cc1nc(-c2ccncc2)sc1C1(CN)CCC1. The first-order valence-corrected chi connectivity index (χ1v) is 7.15. The van der Waals surface area contributed by atoms with Crippen LogP contribution in [0.2, 0.25) is 0 Å². The number of hydrogen-bond donors (Lipinski definition) is 1. The highest BCUT2D eigenvalue weighted by atomic mass is 32.1. The Bertz CT molecular complexity index is 538. The molecule has 3 rings (SSSR count). The second-order valence-corrected chi connectivity index (χ2v) is 6.01. The summed E-state index contributed by atoms with van der Waals surface area (Å²) in [6.07, 6.45) is 7.34. The number of aryl methyl sites for hydroxylation is 1. The van der Waals surface area contributed by atoms with Crippen molar-refractivity contribution in [2.75, 3.05) is 6.54 Å². The quantitative estimate of drug-likeness (QED) is 0.922. The molecule has 0 spiro atoms. The fourth-order valence-corrected chi connectivity index (χ4v) is 3.96. The monoisotopic (exact) mass is 259 g/mol. The fraction of sp³-hybridized carbons (Fsp3) is 0.429. The Hall–Kier alpha value is -1.26. The van der Waals surface area contributed by atoms with E-state index in [1.807, 2.05) is 24.5 Å². The lowest BCUT2D eigenvalue weighted by atomic mass is 9.67. The molecule has 0 aromatic carbocycles. The molecule has 2 heterocycles. The van der Waals surface area contributed by atoms with Gasteiger partial charge in [-0.2, -0.15) is 0 Å². The van der Waals surface area contributed by atoms with Gasteiger partial charge in [0, 0.05) is 34.8 Å². The van der Waals surface area contributed by atoms with Gasteiger partial charge in [0.2, 0.25) is 0 Å². The summed E-state index contributed by atoms with van der Waals surface area (Å²) in [6.45, 7) is 2.85. The largest absolute Gasteiger partial charge is 0.330 e. The van der Waals surface area contributed by atoms with Crippen LogP contribution in [-0.4, -0.2) is 16.5 Å². The maximum absolute atomic E-state index is 5.99. The fourth-order valence-electron chi connectivity index (χ4n) is 2.63. The number of hydrogen-bond acceptors (Lipinski definition) is 4. The van der Waals surface area contributed by atoms with Crippen LogP contribution in [0.5, 0.6) is 0 Å². The van der Waals surface area contributed by atoms with Gasteiger partial charge in [0.05, 0.1) is 5.69 Å². The Labute approximate surface area is 111 Å². The zero-order valence-electron chi connectivity index (χ0n) is 10.5. The van der Waals surface area contributed by atoms with Gasteiger partial charge in [-0.3, -0.25) is 4.98 Å². The summed E-state index contributed by atoms with van der Waals surface area (Å²) in [4.78, 5) is 10.2. The van der Waals surface area contributed by atoms with Crippen LogP contribution in [0.1, 0.15) is 29.8 Å². The van der Waals surface area contributed by atoms with Crippen LogP contribution < -0.4 is 5.73 Å². The van der Waals surface area contributed by atoms with Crippen molar-refractivity contribution >= 4 is 11.3 Å². The average Bonchev–Trinajstić information content (AvgIpc) is 2.73. The summed E-state index contributed by atoms with van der Waals surface area (Å²) >= 11 is 1.80. The van der Waals surface area contributed by atoms with Crippen molar-refractivity contribution in [2.24, 2.45) is 5.73 Å². The Morgan fingerprint density at radius 3 is 2.61 bits per heavy atom. The second kappa shape index (κ2) is 4.44. The number of nitrogens with zero attached hydrogens (tertiary/aromatic N) is 2. The summed E-state index contributed by atoms with van der Waals surface area (Å²) < 4.78 is 0. The van der Waals surface area contributed by atoms with E-state index in [1.54, 1.807) is 11.3 Å². The van der Waals surface area contributed by atoms with E-state index in [-0.39, 0.29) is 5.41 Å². The van der Waals surface area contributed by atoms with E-state index in [0.717, 1.165) is 22.8 Å². The van der Waals surface area contributed by atoms with Gasteiger partial charge in [0.15, 0.2) is 0 Å². The maximum Gasteiger partial charge on any atom is 0.123 e. The van der Waals surface area contributed by atoms with E-state index < -0.39 is 0 Å². The molecule has 1 aliphatic rings. The maximum atomic E-state index is 5.99. The third-order valence-corrected chi connectivity index (χ3v) is 5.36. The molecule has 0 amide bonds. The molecule has 0 bridgehead atoms. The predicted octanol–water partition coefficient (Wildman–Crippen LogP) is 2.89. The first-order valence-electron chi connectivity index (χ1n) is 6.33. The van der Waals surface area contributed by atoms with Crippen molar-refractivity contribution < 1.29 is 0 Å². The predicted molar refractivity (Wildman–Crippen MR) is 74.7 cm³/mol. The van der Waals surface area contributed by atoms with Crippen molar-refractivity contribution in [3.05, 3.63) is 35.1 Å². The first kappa shape index (κ1) is 11.8. The first-order chi connectivity index (χ1) is 8.75. The average molecular weight is 259 g/mol. The summed E-state index contributed by atoms with van der Waals surface area (Å²) in [5.74, 6) is 0. The van der Waals surface area contributed by atoms with Crippen molar-refractivity contribution in [3.8, 4) is 10.6 Å². The third-order valence-electron chi connectivity index (χ3n) is 3.91. The summed E-state index contributed by atoms with van der Waals surface area (Å²) in [6, 6.07) is 4.02. The van der Waals surface area contributed by atoms with Gasteiger partial charge in [-0.05, 0) is 31.9 Å². The van der Waals surface area contributed by atoms with Crippen molar-refractivity contribution in [2.45, 2.75) is 31.6 Å². The smallest absolute Gasteiger partial charge is 0.123 e. The molecule has 18 heavy (non-hydrogen) atoms. The van der Waals surface area contributed by atoms with E-state index in [9.17, 15) is 0 Å². The van der Waals surface area contributed by atoms with Crippen molar-refractivity contribution in [3.63, 3.8) is 0 Å². The molecule has 1 aliphatic carbocycles. The van der Waals surface area contributed by atoms with Crippen molar-refractivity contribution in [1.82, 2.24) is 9.97 Å². The molecule has 1 fully saturated rings. The standard InChI is InChI=1S/C14H17N3S/c1-10-12(14(9-15)5-2-6-14)18-13(17-10)11-3-7-16-8-4-11/h3-4,7-8H,2,5-6,9,15H2,1H3. The Morgan fingerprint density at radius 2 is 2.06 bits per heavy atom. The van der Waals surface area contributed by atoms with Gasteiger partial charge < -0.3 is 5.73 Å². The molecule has 2 aromatic rings. The number of nitrogens with two attached hydrogens (primary N) is 1. The van der Waals surface area contributed by atoms with Crippen LogP contribution in [0, 0.1) is 6.92 Å². The number of aromatic nitrogens is 2. The molecule has 0 atom stereocenters. The number of rotatable bonds is 3. The lowest BCUT2D eigenvalue weighted by Crippen LogP contribution is -2.41. The molecule has 1 saturated carbocycles. The molecule has 94 valence electrons.